The average molecular weight is 281 g/mol. The summed E-state index contributed by atoms with van der Waals surface area (Å²) in [5, 5.41) is 12.7. The van der Waals surface area contributed by atoms with E-state index in [1.165, 1.54) is 0 Å². The highest BCUT2D eigenvalue weighted by molar-refractivity contribution is 9.10. The van der Waals surface area contributed by atoms with Crippen LogP contribution in [0.5, 0.6) is 0 Å². The molecule has 0 aliphatic carbocycles. The molecule has 1 aromatic heterocycles. The number of hydrogen-bond acceptors (Lipinski definition) is 3. The second kappa shape index (κ2) is 4.44. The summed E-state index contributed by atoms with van der Waals surface area (Å²) in [4.78, 5) is 11.8. The van der Waals surface area contributed by atoms with E-state index in [1.54, 1.807) is 13.0 Å². The predicted octanol–water partition coefficient (Wildman–Crippen LogP) is 2.13. The quantitative estimate of drug-likeness (QED) is 0.885. The molecule has 2 N–H and O–H groups in total. The number of benzene rings is 1. The zero-order valence-corrected chi connectivity index (χ0v) is 10.1. The van der Waals surface area contributed by atoms with Crippen LogP contribution in [-0.2, 0) is 0 Å². The Morgan fingerprint density at radius 1 is 1.44 bits per heavy atom. The van der Waals surface area contributed by atoms with Crippen LogP contribution in [0.1, 0.15) is 16.2 Å². The van der Waals surface area contributed by atoms with E-state index in [0.717, 1.165) is 4.47 Å². The topological polar surface area (TPSA) is 70.7 Å². The van der Waals surface area contributed by atoms with E-state index >= 15 is 0 Å². The Labute approximate surface area is 100 Å². The summed E-state index contributed by atoms with van der Waals surface area (Å²) >= 11 is 3.33. The summed E-state index contributed by atoms with van der Waals surface area (Å²) in [5.41, 5.74) is 1.59. The van der Waals surface area contributed by atoms with Crippen LogP contribution in [0.2, 0.25) is 0 Å². The fourth-order valence-corrected chi connectivity index (χ4v) is 1.65. The Morgan fingerprint density at radius 2 is 2.25 bits per heavy atom. The predicted molar refractivity (Wildman–Crippen MR) is 63.2 cm³/mol. The van der Waals surface area contributed by atoms with Gasteiger partial charge in [0.1, 0.15) is 0 Å². The van der Waals surface area contributed by atoms with Crippen LogP contribution in [0.25, 0.3) is 0 Å². The van der Waals surface area contributed by atoms with Gasteiger partial charge in [0.25, 0.3) is 5.91 Å². The van der Waals surface area contributed by atoms with Crippen LogP contribution in [0, 0.1) is 6.92 Å². The van der Waals surface area contributed by atoms with E-state index in [-0.39, 0.29) is 5.91 Å². The molecule has 16 heavy (non-hydrogen) atoms. The van der Waals surface area contributed by atoms with Crippen LogP contribution < -0.4 is 5.32 Å². The number of anilines is 1. The summed E-state index contributed by atoms with van der Waals surface area (Å²) in [6.45, 7) is 1.72. The summed E-state index contributed by atoms with van der Waals surface area (Å²) in [5.74, 6) is -0.274. The second-order valence-corrected chi connectivity index (χ2v) is 4.14. The maximum Gasteiger partial charge on any atom is 0.278 e. The molecule has 82 valence electrons. The van der Waals surface area contributed by atoms with Crippen molar-refractivity contribution < 1.29 is 4.79 Å². The van der Waals surface area contributed by atoms with E-state index in [4.69, 9.17) is 0 Å². The van der Waals surface area contributed by atoms with Crippen molar-refractivity contribution in [2.24, 2.45) is 0 Å². The number of amides is 1. The molecule has 1 amide bonds. The van der Waals surface area contributed by atoms with Crippen molar-refractivity contribution in [3.8, 4) is 0 Å². The first-order valence-electron chi connectivity index (χ1n) is 4.61. The summed E-state index contributed by atoms with van der Waals surface area (Å²) < 4.78 is 0.905. The number of aromatic nitrogens is 3. The van der Waals surface area contributed by atoms with Gasteiger partial charge in [0.15, 0.2) is 5.69 Å². The van der Waals surface area contributed by atoms with Crippen molar-refractivity contribution in [1.82, 2.24) is 15.4 Å². The van der Waals surface area contributed by atoms with Crippen LogP contribution >= 0.6 is 15.9 Å². The minimum absolute atomic E-state index is 0.274. The highest BCUT2D eigenvalue weighted by Gasteiger charge is 2.12. The number of halogens is 1. The molecule has 2 rings (SSSR count). The van der Waals surface area contributed by atoms with E-state index in [2.05, 4.69) is 36.7 Å². The Balaban J connectivity index is 2.17. The Morgan fingerprint density at radius 3 is 2.88 bits per heavy atom. The van der Waals surface area contributed by atoms with Crippen molar-refractivity contribution in [3.05, 3.63) is 40.1 Å². The lowest BCUT2D eigenvalue weighted by atomic mass is 10.3. The Hall–Kier alpha value is -1.69. The molecule has 0 saturated heterocycles. The molecule has 0 saturated carbocycles. The normalized spacial score (nSPS) is 10.1. The molecule has 0 unspecified atom stereocenters. The lowest BCUT2D eigenvalue weighted by molar-refractivity contribution is 0.102. The molecule has 1 aromatic carbocycles. The highest BCUT2D eigenvalue weighted by Crippen LogP contribution is 2.16. The monoisotopic (exact) mass is 280 g/mol. The van der Waals surface area contributed by atoms with Gasteiger partial charge >= 0.3 is 0 Å². The average Bonchev–Trinajstić information content (AvgIpc) is 2.64. The fraction of sp³-hybridized carbons (Fsp3) is 0.100. The van der Waals surface area contributed by atoms with Crippen molar-refractivity contribution in [2.45, 2.75) is 6.92 Å². The first kappa shape index (κ1) is 10.8. The zero-order chi connectivity index (χ0) is 11.5. The third-order valence-electron chi connectivity index (χ3n) is 2.02. The van der Waals surface area contributed by atoms with Crippen LogP contribution in [0.3, 0.4) is 0 Å². The largest absolute Gasteiger partial charge is 0.320 e. The van der Waals surface area contributed by atoms with Crippen molar-refractivity contribution in [3.63, 3.8) is 0 Å². The molecule has 0 spiro atoms. The fourth-order valence-electron chi connectivity index (χ4n) is 1.26. The molecule has 0 fully saturated rings. The van der Waals surface area contributed by atoms with Gasteiger partial charge in [0, 0.05) is 10.2 Å². The van der Waals surface area contributed by atoms with Gasteiger partial charge in [0.2, 0.25) is 0 Å². The van der Waals surface area contributed by atoms with Gasteiger partial charge in [-0.2, -0.15) is 15.4 Å². The summed E-state index contributed by atoms with van der Waals surface area (Å²) in [7, 11) is 0. The van der Waals surface area contributed by atoms with Crippen molar-refractivity contribution in [1.29, 1.82) is 0 Å². The molecule has 6 heteroatoms. The van der Waals surface area contributed by atoms with Gasteiger partial charge < -0.3 is 5.32 Å². The zero-order valence-electron chi connectivity index (χ0n) is 8.49. The van der Waals surface area contributed by atoms with Crippen molar-refractivity contribution >= 4 is 27.5 Å². The number of aromatic amines is 1. The molecule has 0 atom stereocenters. The number of hydrogen-bond donors (Lipinski definition) is 2. The summed E-state index contributed by atoms with van der Waals surface area (Å²) in [6, 6.07) is 7.34. The van der Waals surface area contributed by atoms with E-state index < -0.39 is 0 Å². The first-order valence-corrected chi connectivity index (χ1v) is 5.40. The van der Waals surface area contributed by atoms with Crippen LogP contribution in [-0.4, -0.2) is 21.3 Å². The van der Waals surface area contributed by atoms with E-state index in [9.17, 15) is 4.79 Å². The SMILES string of the molecule is Cc1n[nH]nc1C(=O)Nc1cccc(Br)c1. The van der Waals surface area contributed by atoms with Gasteiger partial charge in [-0.05, 0) is 25.1 Å². The number of rotatable bonds is 2. The maximum atomic E-state index is 11.8. The second-order valence-electron chi connectivity index (χ2n) is 3.22. The van der Waals surface area contributed by atoms with Gasteiger partial charge in [-0.15, -0.1) is 0 Å². The van der Waals surface area contributed by atoms with Crippen LogP contribution in [0.4, 0.5) is 5.69 Å². The minimum Gasteiger partial charge on any atom is -0.320 e. The third kappa shape index (κ3) is 2.27. The molecule has 0 aliphatic rings. The standard InChI is InChI=1S/C10H9BrN4O/c1-6-9(14-15-13-6)10(16)12-8-4-2-3-7(11)5-8/h2-5H,1H3,(H,12,16)(H,13,14,15). The summed E-state index contributed by atoms with van der Waals surface area (Å²) in [6.07, 6.45) is 0. The molecule has 1 heterocycles. The number of H-pyrrole nitrogens is 1. The highest BCUT2D eigenvalue weighted by atomic mass is 79.9. The lowest BCUT2D eigenvalue weighted by Gasteiger charge is -2.03. The first-order chi connectivity index (χ1) is 7.66. The van der Waals surface area contributed by atoms with Gasteiger partial charge in [-0.25, -0.2) is 0 Å². The van der Waals surface area contributed by atoms with Gasteiger partial charge in [-0.3, -0.25) is 4.79 Å². The number of aryl methyl sites for hydroxylation is 1. The molecule has 0 aliphatic heterocycles. The Kier molecular flexibility index (Phi) is 3.00. The van der Waals surface area contributed by atoms with Crippen molar-refractivity contribution in [2.75, 3.05) is 5.32 Å². The Bertz CT molecular complexity index is 523. The van der Waals surface area contributed by atoms with E-state index in [0.29, 0.717) is 17.1 Å². The maximum absolute atomic E-state index is 11.8. The van der Waals surface area contributed by atoms with E-state index in [1.807, 2.05) is 18.2 Å². The van der Waals surface area contributed by atoms with Gasteiger partial charge in [0.05, 0.1) is 5.69 Å². The molecule has 5 nitrogen and oxygen atoms in total. The number of nitrogens with one attached hydrogen (secondary N) is 2. The third-order valence-corrected chi connectivity index (χ3v) is 2.51. The molecular weight excluding hydrogens is 272 g/mol. The number of carbonyl (C=O) groups excluding carboxylic acids is 1. The molecule has 0 radical (unpaired) electrons. The minimum atomic E-state index is -0.274. The molecule has 0 bridgehead atoms. The smallest absolute Gasteiger partial charge is 0.278 e. The van der Waals surface area contributed by atoms with Crippen LogP contribution in [0.15, 0.2) is 28.7 Å². The molecular formula is C10H9BrN4O. The molecule has 2 aromatic rings. The number of carbonyl (C=O) groups is 1. The lowest BCUT2D eigenvalue weighted by Crippen LogP contribution is -2.13. The van der Waals surface area contributed by atoms with Gasteiger partial charge in [-0.1, -0.05) is 22.0 Å². The number of nitrogens with zero attached hydrogens (tertiary/aromatic N) is 2.